The van der Waals surface area contributed by atoms with Gasteiger partial charge in [0, 0.05) is 33.5 Å². The van der Waals surface area contributed by atoms with Gasteiger partial charge in [-0.25, -0.2) is 9.97 Å². The number of nitrogens with zero attached hydrogens (tertiary/aromatic N) is 3. The third-order valence-corrected chi connectivity index (χ3v) is 10.6. The number of pyridine rings is 1. The van der Waals surface area contributed by atoms with Crippen LogP contribution in [0.25, 0.3) is 66.9 Å². The lowest BCUT2D eigenvalue weighted by Gasteiger charge is -2.30. The molecule has 3 heteroatoms. The van der Waals surface area contributed by atoms with Crippen LogP contribution in [0.2, 0.25) is 0 Å². The molecule has 0 amide bonds. The Kier molecular flexibility index (Phi) is 5.92. The number of hydrogen-bond donors (Lipinski definition) is 0. The van der Waals surface area contributed by atoms with Crippen molar-refractivity contribution in [2.45, 2.75) is 19.3 Å². The Bertz CT molecular complexity index is 2570. The summed E-state index contributed by atoms with van der Waals surface area (Å²) in [4.78, 5) is 15.1. The number of fused-ring (bicyclic) bond motifs is 11. The van der Waals surface area contributed by atoms with E-state index in [2.05, 4.69) is 164 Å². The van der Waals surface area contributed by atoms with Crippen molar-refractivity contribution in [3.63, 3.8) is 0 Å². The zero-order valence-electron chi connectivity index (χ0n) is 27.3. The predicted octanol–water partition coefficient (Wildman–Crippen LogP) is 11.0. The monoisotopic (exact) mass is 625 g/mol. The van der Waals surface area contributed by atoms with Crippen LogP contribution in [0.15, 0.2) is 152 Å². The van der Waals surface area contributed by atoms with Crippen LogP contribution in [0.3, 0.4) is 0 Å². The van der Waals surface area contributed by atoms with Crippen molar-refractivity contribution in [3.8, 4) is 56.0 Å². The van der Waals surface area contributed by atoms with Crippen LogP contribution >= 0.6 is 0 Å². The van der Waals surface area contributed by atoms with Gasteiger partial charge < -0.3 is 0 Å². The van der Waals surface area contributed by atoms with E-state index in [-0.39, 0.29) is 0 Å². The lowest BCUT2D eigenvalue weighted by Crippen LogP contribution is -2.25. The maximum absolute atomic E-state index is 5.33. The van der Waals surface area contributed by atoms with E-state index < -0.39 is 5.41 Å². The SMILES string of the molecule is Cc1ccc(-c2ccc(-c3nc(-c4ccc5c(c4)C4(c6ccccc6-c6ccccc64)c4ccccc4-5)c4ccccc4n3)cc2)c(C)n1. The summed E-state index contributed by atoms with van der Waals surface area (Å²) in [6.45, 7) is 4.09. The normalized spacial score (nSPS) is 13.3. The van der Waals surface area contributed by atoms with Crippen molar-refractivity contribution in [3.05, 3.63) is 185 Å². The molecule has 0 unspecified atom stereocenters. The fourth-order valence-electron chi connectivity index (χ4n) is 8.46. The average Bonchev–Trinajstić information content (AvgIpc) is 3.62. The minimum atomic E-state index is -0.403. The molecule has 49 heavy (non-hydrogen) atoms. The van der Waals surface area contributed by atoms with Gasteiger partial charge in [0.2, 0.25) is 0 Å². The molecule has 0 fully saturated rings. The fourth-order valence-corrected chi connectivity index (χ4v) is 8.46. The lowest BCUT2D eigenvalue weighted by atomic mass is 9.70. The van der Waals surface area contributed by atoms with Crippen LogP contribution in [-0.2, 0) is 5.41 Å². The number of rotatable bonds is 3. The highest BCUT2D eigenvalue weighted by Crippen LogP contribution is 2.63. The standard InChI is InChI=1S/C46H31N3/c1-28-19-25-33(29(2)47-28)30-20-22-31(23-21-30)45-48-43-18-10-6-14-38(43)44(49-45)32-24-26-37-36-13-5-9-17-41(36)46(42(37)27-32)39-15-7-3-11-34(39)35-12-4-8-16-40(35)46/h3-27H,1-2H3. The van der Waals surface area contributed by atoms with E-state index in [9.17, 15) is 0 Å². The molecule has 10 rings (SSSR count). The van der Waals surface area contributed by atoms with E-state index in [4.69, 9.17) is 9.97 Å². The maximum atomic E-state index is 5.33. The summed E-state index contributed by atoms with van der Waals surface area (Å²) in [5.41, 5.74) is 18.4. The second-order valence-corrected chi connectivity index (χ2v) is 13.2. The van der Waals surface area contributed by atoms with Crippen molar-refractivity contribution in [1.29, 1.82) is 0 Å². The van der Waals surface area contributed by atoms with E-state index >= 15 is 0 Å². The largest absolute Gasteiger partial charge is 0.258 e. The Morgan fingerprint density at radius 3 is 1.59 bits per heavy atom. The Labute approximate surface area is 285 Å². The zero-order chi connectivity index (χ0) is 32.7. The molecule has 0 radical (unpaired) electrons. The van der Waals surface area contributed by atoms with Crippen molar-refractivity contribution in [1.82, 2.24) is 15.0 Å². The molecular weight excluding hydrogens is 595 g/mol. The zero-order valence-corrected chi connectivity index (χ0v) is 27.3. The first-order valence-electron chi connectivity index (χ1n) is 16.9. The van der Waals surface area contributed by atoms with Gasteiger partial charge in [-0.2, -0.15) is 0 Å². The molecule has 230 valence electrons. The summed E-state index contributed by atoms with van der Waals surface area (Å²) in [7, 11) is 0. The molecule has 0 N–H and O–H groups in total. The Balaban J connectivity index is 1.18. The Morgan fingerprint density at radius 1 is 0.408 bits per heavy atom. The highest BCUT2D eigenvalue weighted by atomic mass is 14.9. The molecule has 2 aromatic heterocycles. The highest BCUT2D eigenvalue weighted by Gasteiger charge is 2.51. The predicted molar refractivity (Wildman–Crippen MR) is 199 cm³/mol. The molecule has 0 atom stereocenters. The van der Waals surface area contributed by atoms with Crippen LogP contribution < -0.4 is 0 Å². The first-order chi connectivity index (χ1) is 24.1. The van der Waals surface area contributed by atoms with Crippen molar-refractivity contribution < 1.29 is 0 Å². The van der Waals surface area contributed by atoms with Gasteiger partial charge in [0.1, 0.15) is 0 Å². The van der Waals surface area contributed by atoms with Gasteiger partial charge in [0.15, 0.2) is 5.82 Å². The molecule has 0 saturated heterocycles. The summed E-state index contributed by atoms with van der Waals surface area (Å²) in [6, 6.07) is 54.9. The number of aromatic nitrogens is 3. The van der Waals surface area contributed by atoms with E-state index in [1.54, 1.807) is 0 Å². The van der Waals surface area contributed by atoms with Crippen LogP contribution in [0.4, 0.5) is 0 Å². The molecular formula is C46H31N3. The van der Waals surface area contributed by atoms with E-state index in [0.717, 1.165) is 50.2 Å². The van der Waals surface area contributed by atoms with Crippen molar-refractivity contribution in [2.24, 2.45) is 0 Å². The van der Waals surface area contributed by atoms with Gasteiger partial charge in [0.05, 0.1) is 16.6 Å². The topological polar surface area (TPSA) is 38.7 Å². The van der Waals surface area contributed by atoms with Gasteiger partial charge in [-0.15, -0.1) is 0 Å². The number of aryl methyl sites for hydroxylation is 2. The summed E-state index contributed by atoms with van der Waals surface area (Å²) >= 11 is 0. The van der Waals surface area contributed by atoms with Gasteiger partial charge in [-0.05, 0) is 82.1 Å². The summed E-state index contributed by atoms with van der Waals surface area (Å²) in [5, 5.41) is 1.04. The van der Waals surface area contributed by atoms with Crippen molar-refractivity contribution in [2.75, 3.05) is 0 Å². The molecule has 8 aromatic rings. The molecule has 2 aliphatic carbocycles. The first-order valence-corrected chi connectivity index (χ1v) is 16.9. The molecule has 0 aliphatic heterocycles. The van der Waals surface area contributed by atoms with E-state index in [1.807, 2.05) is 6.92 Å². The summed E-state index contributed by atoms with van der Waals surface area (Å²) in [5.74, 6) is 0.717. The molecule has 0 bridgehead atoms. The molecule has 2 heterocycles. The third kappa shape index (κ3) is 3.93. The summed E-state index contributed by atoms with van der Waals surface area (Å²) < 4.78 is 0. The molecule has 2 aliphatic rings. The second kappa shape index (κ2) is 10.4. The Hall–Kier alpha value is -6.19. The lowest BCUT2D eigenvalue weighted by molar-refractivity contribution is 0.794. The second-order valence-electron chi connectivity index (χ2n) is 13.2. The fraction of sp³-hybridized carbons (Fsp3) is 0.0652. The van der Waals surface area contributed by atoms with E-state index in [1.165, 1.54) is 44.5 Å². The van der Waals surface area contributed by atoms with Gasteiger partial charge in [-0.1, -0.05) is 133 Å². The number of para-hydroxylation sites is 1. The summed E-state index contributed by atoms with van der Waals surface area (Å²) in [6.07, 6.45) is 0. The molecule has 0 saturated carbocycles. The van der Waals surface area contributed by atoms with Crippen LogP contribution in [0, 0.1) is 13.8 Å². The highest BCUT2D eigenvalue weighted by molar-refractivity contribution is 5.98. The number of hydrogen-bond acceptors (Lipinski definition) is 3. The molecule has 3 nitrogen and oxygen atoms in total. The minimum Gasteiger partial charge on any atom is -0.258 e. The smallest absolute Gasteiger partial charge is 0.160 e. The molecule has 6 aromatic carbocycles. The van der Waals surface area contributed by atoms with Gasteiger partial charge >= 0.3 is 0 Å². The van der Waals surface area contributed by atoms with E-state index in [0.29, 0.717) is 5.82 Å². The van der Waals surface area contributed by atoms with Crippen LogP contribution in [-0.4, -0.2) is 15.0 Å². The quantitative estimate of drug-likeness (QED) is 0.196. The first kappa shape index (κ1) is 27.9. The maximum Gasteiger partial charge on any atom is 0.160 e. The molecule has 1 spiro atoms. The van der Waals surface area contributed by atoms with Crippen LogP contribution in [0.5, 0.6) is 0 Å². The van der Waals surface area contributed by atoms with Gasteiger partial charge in [0.25, 0.3) is 0 Å². The third-order valence-electron chi connectivity index (χ3n) is 10.6. The van der Waals surface area contributed by atoms with Crippen LogP contribution in [0.1, 0.15) is 33.6 Å². The minimum absolute atomic E-state index is 0.403. The number of benzene rings is 6. The Morgan fingerprint density at radius 2 is 0.939 bits per heavy atom. The van der Waals surface area contributed by atoms with Gasteiger partial charge in [-0.3, -0.25) is 4.98 Å². The van der Waals surface area contributed by atoms with Crippen molar-refractivity contribution >= 4 is 10.9 Å². The average molecular weight is 626 g/mol.